The fourth-order valence-corrected chi connectivity index (χ4v) is 5.56. The lowest BCUT2D eigenvalue weighted by molar-refractivity contribution is 0.00791. The molecule has 0 spiro atoms. The minimum absolute atomic E-state index is 0.478. The molecule has 1 aromatic carbocycles. The van der Waals surface area contributed by atoms with Crippen molar-refractivity contribution in [1.29, 1.82) is 0 Å². The minimum atomic E-state index is 0.478. The fourth-order valence-electron chi connectivity index (χ4n) is 5.56. The number of rotatable bonds is 4. The van der Waals surface area contributed by atoms with Crippen LogP contribution in [-0.2, 0) is 11.2 Å². The first-order valence-corrected chi connectivity index (χ1v) is 11.8. The highest BCUT2D eigenvalue weighted by Crippen LogP contribution is 2.41. The molecule has 1 N–H and O–H groups in total. The van der Waals surface area contributed by atoms with Crippen molar-refractivity contribution < 1.29 is 4.74 Å². The van der Waals surface area contributed by atoms with Crippen LogP contribution in [0.4, 0.5) is 5.82 Å². The summed E-state index contributed by atoms with van der Waals surface area (Å²) < 4.78 is 5.52. The molecule has 2 aromatic heterocycles. The van der Waals surface area contributed by atoms with E-state index >= 15 is 0 Å². The van der Waals surface area contributed by atoms with Crippen LogP contribution in [0.1, 0.15) is 36.9 Å². The number of fused-ring (bicyclic) bond motifs is 3. The van der Waals surface area contributed by atoms with E-state index in [0.29, 0.717) is 12.1 Å². The van der Waals surface area contributed by atoms with Crippen LogP contribution in [0.3, 0.4) is 0 Å². The molecule has 1 saturated carbocycles. The molecule has 6 rings (SSSR count). The predicted molar refractivity (Wildman–Crippen MR) is 126 cm³/mol. The van der Waals surface area contributed by atoms with Gasteiger partial charge in [-0.3, -0.25) is 9.88 Å². The van der Waals surface area contributed by atoms with E-state index < -0.39 is 0 Å². The van der Waals surface area contributed by atoms with Crippen LogP contribution < -0.4 is 5.32 Å². The molecule has 0 atom stereocenters. The predicted octanol–water partition coefficient (Wildman–Crippen LogP) is 4.17. The Labute approximate surface area is 189 Å². The van der Waals surface area contributed by atoms with Crippen LogP contribution >= 0.6 is 0 Å². The maximum atomic E-state index is 5.52. The maximum absolute atomic E-state index is 5.52. The molecule has 164 valence electrons. The van der Waals surface area contributed by atoms with Crippen LogP contribution in [0, 0.1) is 0 Å². The molecule has 3 aliphatic rings. The Hall–Kier alpha value is -2.83. The molecule has 0 amide bonds. The lowest BCUT2D eigenvalue weighted by Gasteiger charge is -2.39. The number of benzene rings is 1. The van der Waals surface area contributed by atoms with Gasteiger partial charge < -0.3 is 10.1 Å². The van der Waals surface area contributed by atoms with Crippen molar-refractivity contribution in [2.45, 2.75) is 44.2 Å². The van der Waals surface area contributed by atoms with Crippen molar-refractivity contribution in [3.8, 4) is 22.3 Å². The maximum Gasteiger partial charge on any atom is 0.137 e. The average molecular weight is 428 g/mol. The van der Waals surface area contributed by atoms with Gasteiger partial charge in [0.15, 0.2) is 0 Å². The standard InChI is InChI=1S/C26H29N5O/c1-6-23-20(15-19(1)18-7-9-27-10-8-18)16-24-25(23)26(29-17-28-24)30-21-2-4-22(5-3-21)31-11-13-32-14-12-31/h1,6-10,15,17,21-22H,2-5,11-14,16H2,(H,28,29,30). The van der Waals surface area contributed by atoms with Crippen molar-refractivity contribution in [2.24, 2.45) is 0 Å². The van der Waals surface area contributed by atoms with E-state index in [9.17, 15) is 0 Å². The first kappa shape index (κ1) is 19.8. The van der Waals surface area contributed by atoms with E-state index in [1.54, 1.807) is 6.33 Å². The number of anilines is 1. The number of nitrogens with one attached hydrogen (secondary N) is 1. The van der Waals surface area contributed by atoms with Crippen molar-refractivity contribution in [3.63, 3.8) is 0 Å². The van der Waals surface area contributed by atoms with Crippen LogP contribution in [-0.4, -0.2) is 58.2 Å². The number of nitrogens with zero attached hydrogens (tertiary/aromatic N) is 4. The third kappa shape index (κ3) is 3.78. The minimum Gasteiger partial charge on any atom is -0.379 e. The van der Waals surface area contributed by atoms with Gasteiger partial charge in [0.25, 0.3) is 0 Å². The number of morpholine rings is 1. The third-order valence-electron chi connectivity index (χ3n) is 7.27. The van der Waals surface area contributed by atoms with E-state index in [2.05, 4.69) is 55.5 Å². The SMILES string of the molecule is c1cc(-c2ccc3c(c2)Cc2ncnc(NC4CCC(N5CCOCC5)CC4)c2-3)ccn1. The summed E-state index contributed by atoms with van der Waals surface area (Å²) in [4.78, 5) is 16.1. The Morgan fingerprint density at radius 3 is 2.53 bits per heavy atom. The van der Waals surface area contributed by atoms with Gasteiger partial charge >= 0.3 is 0 Å². The first-order valence-electron chi connectivity index (χ1n) is 11.8. The summed E-state index contributed by atoms with van der Waals surface area (Å²) in [5, 5.41) is 3.79. The zero-order valence-electron chi connectivity index (χ0n) is 18.3. The molecule has 0 radical (unpaired) electrons. The molecule has 6 heteroatoms. The molecule has 2 fully saturated rings. The molecule has 0 unspecified atom stereocenters. The fraction of sp³-hybridized carbons (Fsp3) is 0.423. The Bertz CT molecular complexity index is 1090. The topological polar surface area (TPSA) is 63.2 Å². The molecular formula is C26H29N5O. The number of aromatic nitrogens is 3. The molecule has 6 nitrogen and oxygen atoms in total. The van der Waals surface area contributed by atoms with Crippen LogP contribution in [0.5, 0.6) is 0 Å². The summed E-state index contributed by atoms with van der Waals surface area (Å²) in [6, 6.07) is 12.0. The van der Waals surface area contributed by atoms with Gasteiger partial charge in [-0.1, -0.05) is 18.2 Å². The number of hydrogen-bond acceptors (Lipinski definition) is 6. The first-order chi connectivity index (χ1) is 15.8. The van der Waals surface area contributed by atoms with Gasteiger partial charge in [0, 0.05) is 49.6 Å². The molecule has 3 heterocycles. The molecule has 32 heavy (non-hydrogen) atoms. The Morgan fingerprint density at radius 2 is 1.72 bits per heavy atom. The Balaban J connectivity index is 1.19. The van der Waals surface area contributed by atoms with E-state index in [4.69, 9.17) is 4.74 Å². The van der Waals surface area contributed by atoms with Crippen LogP contribution in [0.25, 0.3) is 22.3 Å². The van der Waals surface area contributed by atoms with E-state index in [-0.39, 0.29) is 0 Å². The highest BCUT2D eigenvalue weighted by molar-refractivity contribution is 5.85. The molecule has 1 saturated heterocycles. The third-order valence-corrected chi connectivity index (χ3v) is 7.27. The lowest BCUT2D eigenvalue weighted by atomic mass is 9.89. The quantitative estimate of drug-likeness (QED) is 0.528. The highest BCUT2D eigenvalue weighted by Gasteiger charge is 2.29. The summed E-state index contributed by atoms with van der Waals surface area (Å²) in [5.74, 6) is 1.00. The number of hydrogen-bond donors (Lipinski definition) is 1. The Morgan fingerprint density at radius 1 is 0.906 bits per heavy atom. The highest BCUT2D eigenvalue weighted by atomic mass is 16.5. The van der Waals surface area contributed by atoms with Gasteiger partial charge in [0.1, 0.15) is 12.1 Å². The normalized spacial score (nSPS) is 22.9. The van der Waals surface area contributed by atoms with E-state index in [1.165, 1.54) is 53.5 Å². The van der Waals surface area contributed by atoms with Gasteiger partial charge in [-0.15, -0.1) is 0 Å². The summed E-state index contributed by atoms with van der Waals surface area (Å²) >= 11 is 0. The van der Waals surface area contributed by atoms with Crippen molar-refractivity contribution >= 4 is 5.82 Å². The van der Waals surface area contributed by atoms with Crippen LogP contribution in [0.15, 0.2) is 49.1 Å². The van der Waals surface area contributed by atoms with E-state index in [0.717, 1.165) is 44.2 Å². The smallest absolute Gasteiger partial charge is 0.137 e. The van der Waals surface area contributed by atoms with Crippen molar-refractivity contribution in [2.75, 3.05) is 31.6 Å². The van der Waals surface area contributed by atoms with Gasteiger partial charge in [0.2, 0.25) is 0 Å². The zero-order valence-corrected chi connectivity index (χ0v) is 18.3. The van der Waals surface area contributed by atoms with Gasteiger partial charge in [0.05, 0.1) is 18.9 Å². The Kier molecular flexibility index (Phi) is 5.33. The van der Waals surface area contributed by atoms with Gasteiger partial charge in [-0.2, -0.15) is 0 Å². The average Bonchev–Trinajstić information content (AvgIpc) is 3.24. The summed E-state index contributed by atoms with van der Waals surface area (Å²) in [7, 11) is 0. The molecule has 0 bridgehead atoms. The number of ether oxygens (including phenoxy) is 1. The lowest BCUT2D eigenvalue weighted by Crippen LogP contribution is -2.46. The van der Waals surface area contributed by atoms with E-state index in [1.807, 2.05) is 12.4 Å². The summed E-state index contributed by atoms with van der Waals surface area (Å²) in [6.45, 7) is 3.93. The monoisotopic (exact) mass is 427 g/mol. The second kappa shape index (κ2) is 8.60. The number of pyridine rings is 1. The molecule has 3 aromatic rings. The largest absolute Gasteiger partial charge is 0.379 e. The van der Waals surface area contributed by atoms with Crippen molar-refractivity contribution in [3.05, 3.63) is 60.3 Å². The second-order valence-corrected chi connectivity index (χ2v) is 9.13. The molecule has 2 aliphatic carbocycles. The summed E-state index contributed by atoms with van der Waals surface area (Å²) in [5.41, 5.74) is 7.34. The second-order valence-electron chi connectivity index (χ2n) is 9.13. The van der Waals surface area contributed by atoms with Gasteiger partial charge in [-0.25, -0.2) is 9.97 Å². The zero-order chi connectivity index (χ0) is 21.3. The molecular weight excluding hydrogens is 398 g/mol. The van der Waals surface area contributed by atoms with Crippen molar-refractivity contribution in [1.82, 2.24) is 19.9 Å². The van der Waals surface area contributed by atoms with Crippen LogP contribution in [0.2, 0.25) is 0 Å². The van der Waals surface area contributed by atoms with Gasteiger partial charge in [-0.05, 0) is 60.1 Å². The summed E-state index contributed by atoms with van der Waals surface area (Å²) in [6.07, 6.45) is 11.1. The molecule has 1 aliphatic heterocycles.